The molecular formula is C17H16N4O. The molecule has 3 aromatic rings. The molecule has 0 spiro atoms. The molecule has 0 radical (unpaired) electrons. The molecule has 5 nitrogen and oxygen atoms in total. The number of amides is 1. The van der Waals surface area contributed by atoms with E-state index in [2.05, 4.69) is 40.4 Å². The molecule has 0 saturated carbocycles. The Kier molecular flexibility index (Phi) is 3.04. The summed E-state index contributed by atoms with van der Waals surface area (Å²) in [4.78, 5) is 21.3. The maximum Gasteiger partial charge on any atom is 0.329 e. The van der Waals surface area contributed by atoms with Crippen molar-refractivity contribution in [1.82, 2.24) is 19.4 Å². The van der Waals surface area contributed by atoms with Crippen LogP contribution in [0.5, 0.6) is 0 Å². The van der Waals surface area contributed by atoms with Crippen molar-refractivity contribution in [3.05, 3.63) is 60.8 Å². The summed E-state index contributed by atoms with van der Waals surface area (Å²) in [5, 5.41) is 1.24. The van der Waals surface area contributed by atoms with E-state index in [1.165, 1.54) is 21.1 Å². The molecule has 1 aromatic carbocycles. The van der Waals surface area contributed by atoms with Crippen LogP contribution in [0.25, 0.3) is 16.5 Å². The molecule has 0 atom stereocenters. The zero-order valence-electron chi connectivity index (χ0n) is 12.1. The highest BCUT2D eigenvalue weighted by atomic mass is 16.2. The topological polar surface area (TPSA) is 53.9 Å². The zero-order chi connectivity index (χ0) is 14.9. The Labute approximate surface area is 127 Å². The Bertz CT molecular complexity index is 845. The number of rotatable bonds is 1. The van der Waals surface area contributed by atoms with E-state index < -0.39 is 0 Å². The van der Waals surface area contributed by atoms with Crippen molar-refractivity contribution < 1.29 is 4.79 Å². The standard InChI is InChI=1S/C17H16N4O/c22-17(21-10-7-18-12-21)20-8-5-13(6-9-20)15-11-19-16-4-2-1-3-14(15)16/h1-5,7,10-12,19H,6,8-9H2. The fraction of sp³-hybridized carbons (Fsp3) is 0.176. The first-order valence-corrected chi connectivity index (χ1v) is 7.36. The molecule has 2 aromatic heterocycles. The van der Waals surface area contributed by atoms with Crippen LogP contribution in [-0.2, 0) is 0 Å². The summed E-state index contributed by atoms with van der Waals surface area (Å²) in [5.74, 6) is 0. The number of aromatic nitrogens is 3. The normalized spacial score (nSPS) is 15.1. The van der Waals surface area contributed by atoms with E-state index in [1.807, 2.05) is 11.0 Å². The van der Waals surface area contributed by atoms with Crippen LogP contribution in [0, 0.1) is 0 Å². The summed E-state index contributed by atoms with van der Waals surface area (Å²) in [7, 11) is 0. The SMILES string of the molecule is O=C(N1CC=C(c2c[nH]c3ccccc23)CC1)n1ccnc1. The first-order chi connectivity index (χ1) is 10.8. The van der Waals surface area contributed by atoms with Crippen molar-refractivity contribution in [1.29, 1.82) is 0 Å². The number of para-hydroxylation sites is 1. The van der Waals surface area contributed by atoms with Crippen molar-refractivity contribution >= 4 is 22.5 Å². The van der Waals surface area contributed by atoms with E-state index in [1.54, 1.807) is 18.7 Å². The highest BCUT2D eigenvalue weighted by Gasteiger charge is 2.20. The molecule has 0 saturated heterocycles. The van der Waals surface area contributed by atoms with E-state index in [4.69, 9.17) is 0 Å². The molecule has 0 fully saturated rings. The smallest absolute Gasteiger partial charge is 0.329 e. The lowest BCUT2D eigenvalue weighted by Crippen LogP contribution is -2.37. The monoisotopic (exact) mass is 292 g/mol. The number of imidazole rings is 1. The van der Waals surface area contributed by atoms with Gasteiger partial charge in [0, 0.05) is 48.1 Å². The van der Waals surface area contributed by atoms with Gasteiger partial charge in [0.1, 0.15) is 6.33 Å². The predicted molar refractivity (Wildman–Crippen MR) is 85.5 cm³/mol. The fourth-order valence-corrected chi connectivity index (χ4v) is 2.96. The van der Waals surface area contributed by atoms with Crippen LogP contribution in [-0.4, -0.2) is 38.6 Å². The highest BCUT2D eigenvalue weighted by Crippen LogP contribution is 2.29. The third-order valence-corrected chi connectivity index (χ3v) is 4.14. The first-order valence-electron chi connectivity index (χ1n) is 7.36. The van der Waals surface area contributed by atoms with Gasteiger partial charge in [0.25, 0.3) is 0 Å². The van der Waals surface area contributed by atoms with Crippen LogP contribution < -0.4 is 0 Å². The van der Waals surface area contributed by atoms with Crippen LogP contribution in [0.4, 0.5) is 4.79 Å². The third-order valence-electron chi connectivity index (χ3n) is 4.14. The van der Waals surface area contributed by atoms with Crippen molar-refractivity contribution in [3.8, 4) is 0 Å². The number of nitrogens with zero attached hydrogens (tertiary/aromatic N) is 3. The predicted octanol–water partition coefficient (Wildman–Crippen LogP) is 3.12. The lowest BCUT2D eigenvalue weighted by molar-refractivity contribution is 0.205. The maximum absolute atomic E-state index is 12.3. The molecule has 1 amide bonds. The maximum atomic E-state index is 12.3. The number of benzene rings is 1. The Morgan fingerprint density at radius 3 is 2.95 bits per heavy atom. The number of fused-ring (bicyclic) bond motifs is 1. The van der Waals surface area contributed by atoms with Crippen molar-refractivity contribution in [3.63, 3.8) is 0 Å². The molecule has 1 N–H and O–H groups in total. The molecule has 0 bridgehead atoms. The van der Waals surface area contributed by atoms with Crippen molar-refractivity contribution in [2.75, 3.05) is 13.1 Å². The van der Waals surface area contributed by atoms with Crippen LogP contribution in [0.3, 0.4) is 0 Å². The van der Waals surface area contributed by atoms with Gasteiger partial charge >= 0.3 is 6.03 Å². The molecule has 5 heteroatoms. The first kappa shape index (κ1) is 12.9. The van der Waals surface area contributed by atoms with Gasteiger partial charge in [-0.25, -0.2) is 9.78 Å². The number of hydrogen-bond donors (Lipinski definition) is 1. The molecular weight excluding hydrogens is 276 g/mol. The minimum absolute atomic E-state index is 0.0215. The minimum Gasteiger partial charge on any atom is -0.361 e. The third kappa shape index (κ3) is 2.11. The molecule has 4 rings (SSSR count). The van der Waals surface area contributed by atoms with Gasteiger partial charge in [0.05, 0.1) is 0 Å². The quantitative estimate of drug-likeness (QED) is 0.749. The lowest BCUT2D eigenvalue weighted by atomic mass is 9.99. The Morgan fingerprint density at radius 2 is 2.18 bits per heavy atom. The van der Waals surface area contributed by atoms with E-state index in [9.17, 15) is 4.79 Å². The fourth-order valence-electron chi connectivity index (χ4n) is 2.96. The molecule has 3 heterocycles. The summed E-state index contributed by atoms with van der Waals surface area (Å²) in [6, 6.07) is 8.27. The van der Waals surface area contributed by atoms with Crippen LogP contribution in [0.2, 0.25) is 0 Å². The minimum atomic E-state index is -0.0215. The average Bonchev–Trinajstić information content (AvgIpc) is 3.24. The molecule has 110 valence electrons. The van der Waals surface area contributed by atoms with Gasteiger partial charge in [-0.3, -0.25) is 4.57 Å². The van der Waals surface area contributed by atoms with Gasteiger partial charge in [0.2, 0.25) is 0 Å². The van der Waals surface area contributed by atoms with Crippen molar-refractivity contribution in [2.24, 2.45) is 0 Å². The number of hydrogen-bond acceptors (Lipinski definition) is 2. The highest BCUT2D eigenvalue weighted by molar-refractivity contribution is 5.93. The van der Waals surface area contributed by atoms with Crippen LogP contribution >= 0.6 is 0 Å². The van der Waals surface area contributed by atoms with E-state index in [-0.39, 0.29) is 6.03 Å². The Hall–Kier alpha value is -2.82. The second-order valence-electron chi connectivity index (χ2n) is 5.43. The van der Waals surface area contributed by atoms with Crippen molar-refractivity contribution in [2.45, 2.75) is 6.42 Å². The molecule has 1 aliphatic heterocycles. The average molecular weight is 292 g/mol. The van der Waals surface area contributed by atoms with Gasteiger partial charge < -0.3 is 9.88 Å². The largest absolute Gasteiger partial charge is 0.361 e. The van der Waals surface area contributed by atoms with Gasteiger partial charge in [-0.05, 0) is 18.1 Å². The number of aromatic amines is 1. The number of H-pyrrole nitrogens is 1. The number of nitrogens with one attached hydrogen (secondary N) is 1. The lowest BCUT2D eigenvalue weighted by Gasteiger charge is -2.26. The Morgan fingerprint density at radius 1 is 1.27 bits per heavy atom. The van der Waals surface area contributed by atoms with E-state index in [0.717, 1.165) is 18.5 Å². The second-order valence-corrected chi connectivity index (χ2v) is 5.43. The van der Waals surface area contributed by atoms with E-state index >= 15 is 0 Å². The summed E-state index contributed by atoms with van der Waals surface area (Å²) in [5.41, 5.74) is 3.69. The van der Waals surface area contributed by atoms with Gasteiger partial charge in [-0.1, -0.05) is 24.3 Å². The number of carbonyl (C=O) groups is 1. The molecule has 0 aliphatic carbocycles. The van der Waals surface area contributed by atoms with Gasteiger partial charge in [0.15, 0.2) is 0 Å². The number of carbonyl (C=O) groups excluding carboxylic acids is 1. The summed E-state index contributed by atoms with van der Waals surface area (Å²) in [6.45, 7) is 1.36. The van der Waals surface area contributed by atoms with Gasteiger partial charge in [-0.2, -0.15) is 0 Å². The van der Waals surface area contributed by atoms with Crippen LogP contribution in [0.15, 0.2) is 55.3 Å². The zero-order valence-corrected chi connectivity index (χ0v) is 12.1. The van der Waals surface area contributed by atoms with E-state index in [0.29, 0.717) is 6.54 Å². The molecule has 22 heavy (non-hydrogen) atoms. The molecule has 1 aliphatic rings. The second kappa shape index (κ2) is 5.18. The molecule has 0 unspecified atom stereocenters. The Balaban J connectivity index is 1.58. The summed E-state index contributed by atoms with van der Waals surface area (Å²) >= 11 is 0. The summed E-state index contributed by atoms with van der Waals surface area (Å²) in [6.07, 6.45) is 9.91. The van der Waals surface area contributed by atoms with Crippen LogP contribution in [0.1, 0.15) is 12.0 Å². The van der Waals surface area contributed by atoms with Gasteiger partial charge in [-0.15, -0.1) is 0 Å². The summed E-state index contributed by atoms with van der Waals surface area (Å²) < 4.78 is 1.52.